The lowest BCUT2D eigenvalue weighted by atomic mass is 9.32. The zero-order valence-corrected chi connectivity index (χ0v) is 28.9. The van der Waals surface area contributed by atoms with Crippen LogP contribution in [0.5, 0.6) is 0 Å². The fourth-order valence-corrected chi connectivity index (χ4v) is 8.38. The van der Waals surface area contributed by atoms with Crippen LogP contribution in [-0.4, -0.2) is 6.71 Å². The molecule has 50 heavy (non-hydrogen) atoms. The molecular weight excluding hydrogens is 605 g/mol. The maximum absolute atomic E-state index is 2.54. The molecule has 9 rings (SSSR count). The summed E-state index contributed by atoms with van der Waals surface area (Å²) in [4.78, 5) is 7.42. The van der Waals surface area contributed by atoms with Gasteiger partial charge in [0, 0.05) is 45.5 Å². The van der Waals surface area contributed by atoms with E-state index in [1.54, 1.807) is 0 Å². The third kappa shape index (κ3) is 4.82. The van der Waals surface area contributed by atoms with E-state index in [1.165, 1.54) is 67.1 Å². The summed E-state index contributed by atoms with van der Waals surface area (Å²) in [5.74, 6) is 0. The molecule has 0 amide bonds. The highest BCUT2D eigenvalue weighted by molar-refractivity contribution is 7.00. The van der Waals surface area contributed by atoms with Crippen molar-refractivity contribution >= 4 is 74.3 Å². The molecule has 0 N–H and O–H groups in total. The molecule has 0 bridgehead atoms. The van der Waals surface area contributed by atoms with Gasteiger partial charge in [-0.05, 0) is 134 Å². The summed E-state index contributed by atoms with van der Waals surface area (Å²) < 4.78 is 0. The second kappa shape index (κ2) is 11.9. The van der Waals surface area contributed by atoms with Crippen LogP contribution in [-0.2, 0) is 0 Å². The van der Waals surface area contributed by atoms with Crippen molar-refractivity contribution in [1.82, 2.24) is 0 Å². The van der Waals surface area contributed by atoms with Gasteiger partial charge in [0.05, 0.1) is 5.69 Å². The first-order valence-corrected chi connectivity index (χ1v) is 17.5. The number of para-hydroxylation sites is 4. The Kier molecular flexibility index (Phi) is 7.13. The Labute approximate surface area is 295 Å². The smallest absolute Gasteiger partial charge is 0.252 e. The zero-order chi connectivity index (χ0) is 33.9. The molecule has 2 aliphatic rings. The molecule has 2 aliphatic heterocycles. The molecule has 0 saturated carbocycles. The van der Waals surface area contributed by atoms with Gasteiger partial charge < -0.3 is 14.7 Å². The van der Waals surface area contributed by atoms with Crippen molar-refractivity contribution in [2.24, 2.45) is 0 Å². The average molecular weight is 644 g/mol. The molecule has 2 heterocycles. The second-order valence-electron chi connectivity index (χ2n) is 13.8. The maximum Gasteiger partial charge on any atom is 0.252 e. The molecular formula is C46H38BN3. The highest BCUT2D eigenvalue weighted by Crippen LogP contribution is 2.48. The summed E-state index contributed by atoms with van der Waals surface area (Å²) >= 11 is 0. The molecule has 240 valence electrons. The Balaban J connectivity index is 1.44. The van der Waals surface area contributed by atoms with Crippen molar-refractivity contribution in [3.8, 4) is 0 Å². The van der Waals surface area contributed by atoms with Crippen LogP contribution in [0.1, 0.15) is 22.3 Å². The summed E-state index contributed by atoms with van der Waals surface area (Å²) in [6, 6.07) is 57.9. The van der Waals surface area contributed by atoms with Crippen LogP contribution in [0, 0.1) is 27.7 Å². The highest BCUT2D eigenvalue weighted by Gasteiger charge is 2.44. The molecule has 7 aromatic rings. The lowest BCUT2D eigenvalue weighted by Gasteiger charge is -2.45. The van der Waals surface area contributed by atoms with Gasteiger partial charge >= 0.3 is 0 Å². The zero-order valence-electron chi connectivity index (χ0n) is 28.9. The van der Waals surface area contributed by atoms with Crippen LogP contribution in [0.3, 0.4) is 0 Å². The quantitative estimate of drug-likeness (QED) is 0.173. The molecule has 4 heteroatoms. The Morgan fingerprint density at radius 3 is 1.52 bits per heavy atom. The van der Waals surface area contributed by atoms with Crippen LogP contribution < -0.4 is 31.1 Å². The molecule has 3 nitrogen and oxygen atoms in total. The molecule has 0 saturated heterocycles. The van der Waals surface area contributed by atoms with Crippen molar-refractivity contribution < 1.29 is 0 Å². The van der Waals surface area contributed by atoms with Crippen molar-refractivity contribution in [2.75, 3.05) is 14.7 Å². The van der Waals surface area contributed by atoms with Gasteiger partial charge in [0.15, 0.2) is 0 Å². The number of aryl methyl sites for hydroxylation is 4. The van der Waals surface area contributed by atoms with E-state index in [9.17, 15) is 0 Å². The van der Waals surface area contributed by atoms with E-state index >= 15 is 0 Å². The summed E-state index contributed by atoms with van der Waals surface area (Å²) in [5, 5.41) is 0. The maximum atomic E-state index is 2.54. The van der Waals surface area contributed by atoms with E-state index in [0.717, 1.165) is 22.7 Å². The van der Waals surface area contributed by atoms with Gasteiger partial charge in [-0.2, -0.15) is 0 Å². The normalized spacial score (nSPS) is 12.7. The van der Waals surface area contributed by atoms with Gasteiger partial charge in [0.1, 0.15) is 0 Å². The number of hydrogen-bond acceptors (Lipinski definition) is 3. The number of benzene rings is 7. The third-order valence-corrected chi connectivity index (χ3v) is 10.2. The predicted molar refractivity (Wildman–Crippen MR) is 214 cm³/mol. The lowest BCUT2D eigenvalue weighted by Crippen LogP contribution is -2.62. The second-order valence-corrected chi connectivity index (χ2v) is 13.8. The van der Waals surface area contributed by atoms with Gasteiger partial charge in [-0.15, -0.1) is 0 Å². The van der Waals surface area contributed by atoms with Crippen molar-refractivity contribution in [3.63, 3.8) is 0 Å². The van der Waals surface area contributed by atoms with Crippen molar-refractivity contribution in [2.45, 2.75) is 27.7 Å². The predicted octanol–water partition coefficient (Wildman–Crippen LogP) is 10.5. The van der Waals surface area contributed by atoms with Gasteiger partial charge in [-0.25, -0.2) is 0 Å². The Morgan fingerprint density at radius 2 is 0.900 bits per heavy atom. The van der Waals surface area contributed by atoms with Gasteiger partial charge in [-0.3, -0.25) is 0 Å². The number of rotatable bonds is 5. The number of fused-ring (bicyclic) bond motifs is 4. The average Bonchev–Trinajstić information content (AvgIpc) is 3.12. The molecule has 0 fully saturated rings. The van der Waals surface area contributed by atoms with E-state index in [4.69, 9.17) is 0 Å². The molecule has 0 aromatic heterocycles. The highest BCUT2D eigenvalue weighted by atomic mass is 15.2. The van der Waals surface area contributed by atoms with Crippen molar-refractivity contribution in [3.05, 3.63) is 180 Å². The molecule has 0 atom stereocenters. The van der Waals surface area contributed by atoms with Crippen LogP contribution in [0.2, 0.25) is 0 Å². The molecule has 0 unspecified atom stereocenters. The molecule has 0 radical (unpaired) electrons. The van der Waals surface area contributed by atoms with Crippen LogP contribution >= 0.6 is 0 Å². The first-order valence-electron chi connectivity index (χ1n) is 17.5. The van der Waals surface area contributed by atoms with Crippen molar-refractivity contribution in [1.29, 1.82) is 0 Å². The van der Waals surface area contributed by atoms with Gasteiger partial charge in [0.25, 0.3) is 6.71 Å². The monoisotopic (exact) mass is 643 g/mol. The van der Waals surface area contributed by atoms with Gasteiger partial charge in [-0.1, -0.05) is 90.5 Å². The number of anilines is 9. The minimum Gasteiger partial charge on any atom is -0.311 e. The van der Waals surface area contributed by atoms with E-state index in [-0.39, 0.29) is 6.71 Å². The minimum absolute atomic E-state index is 0.0740. The molecule has 0 aliphatic carbocycles. The standard InChI is InChI=1S/C46H38BN3/c1-31-24-32(2)27-38(26-31)50-42-28-33(3)25-34(4)45(42)47-40-22-14-15-23-41(40)49(37-20-12-7-13-21-37)43-29-39(30-44(50)46(43)47)48(35-16-8-5-9-17-35)36-18-10-6-11-19-36/h5-30H,1-4H3. The van der Waals surface area contributed by atoms with Crippen LogP contribution in [0.4, 0.5) is 51.2 Å². The number of hydrogen-bond donors (Lipinski definition) is 0. The van der Waals surface area contributed by atoms with Gasteiger partial charge in [0.2, 0.25) is 0 Å². The Bertz CT molecular complexity index is 2330. The first kappa shape index (κ1) is 30.1. The summed E-state index contributed by atoms with van der Waals surface area (Å²) in [7, 11) is 0. The first-order chi connectivity index (χ1) is 24.5. The summed E-state index contributed by atoms with van der Waals surface area (Å²) in [5.41, 5.74) is 19.7. The Hall–Kier alpha value is -6.00. The fourth-order valence-electron chi connectivity index (χ4n) is 8.38. The van der Waals surface area contributed by atoms with Crippen LogP contribution in [0.25, 0.3) is 0 Å². The van der Waals surface area contributed by atoms with Crippen LogP contribution in [0.15, 0.2) is 158 Å². The molecule has 0 spiro atoms. The topological polar surface area (TPSA) is 9.72 Å². The van der Waals surface area contributed by atoms with E-state index in [1.807, 2.05) is 0 Å². The Morgan fingerprint density at radius 1 is 0.400 bits per heavy atom. The number of nitrogens with zero attached hydrogens (tertiary/aromatic N) is 3. The third-order valence-electron chi connectivity index (χ3n) is 10.2. The minimum atomic E-state index is 0.0740. The summed E-state index contributed by atoms with van der Waals surface area (Å²) in [6.45, 7) is 9.01. The fraction of sp³-hybridized carbons (Fsp3) is 0.0870. The van der Waals surface area contributed by atoms with E-state index in [0.29, 0.717) is 0 Å². The van der Waals surface area contributed by atoms with E-state index < -0.39 is 0 Å². The summed E-state index contributed by atoms with van der Waals surface area (Å²) in [6.07, 6.45) is 0. The molecule has 7 aromatic carbocycles. The SMILES string of the molecule is Cc1cc(C)cc(N2c3cc(C)cc(C)c3B3c4ccccc4N(c4ccccc4)c4cc(N(c5ccccc5)c5ccccc5)cc2c43)c1. The largest absolute Gasteiger partial charge is 0.311 e. The lowest BCUT2D eigenvalue weighted by molar-refractivity contribution is 1.21. The van der Waals surface area contributed by atoms with E-state index in [2.05, 4.69) is 200 Å².